The molecular formula is C15H19N3O. The largest absolute Gasteiger partial charge is 0.497 e. The van der Waals surface area contributed by atoms with Crippen LogP contribution in [0.5, 0.6) is 5.75 Å². The number of ether oxygens (including phenoxy) is 1. The minimum Gasteiger partial charge on any atom is -0.497 e. The Morgan fingerprint density at radius 1 is 1.37 bits per heavy atom. The summed E-state index contributed by atoms with van der Waals surface area (Å²) in [5.74, 6) is 0.872. The number of aromatic nitrogens is 1. The lowest BCUT2D eigenvalue weighted by Crippen LogP contribution is -2.33. The maximum atomic E-state index is 5.27. The van der Waals surface area contributed by atoms with Crippen molar-refractivity contribution in [3.05, 3.63) is 30.5 Å². The zero-order valence-electron chi connectivity index (χ0n) is 11.4. The Hall–Kier alpha value is -1.81. The van der Waals surface area contributed by atoms with E-state index in [1.165, 1.54) is 6.42 Å². The first kappa shape index (κ1) is 12.2. The summed E-state index contributed by atoms with van der Waals surface area (Å²) in [7, 11) is 3.83. The highest BCUT2D eigenvalue weighted by Crippen LogP contribution is 2.25. The molecule has 2 heterocycles. The maximum Gasteiger partial charge on any atom is 0.119 e. The van der Waals surface area contributed by atoms with Crippen LogP contribution in [0.15, 0.2) is 30.5 Å². The van der Waals surface area contributed by atoms with Gasteiger partial charge in [0.2, 0.25) is 0 Å². The molecule has 0 saturated carbocycles. The smallest absolute Gasteiger partial charge is 0.119 e. The van der Waals surface area contributed by atoms with Crippen molar-refractivity contribution in [2.24, 2.45) is 0 Å². The van der Waals surface area contributed by atoms with Gasteiger partial charge < -0.3 is 15.0 Å². The van der Waals surface area contributed by atoms with Gasteiger partial charge in [-0.2, -0.15) is 0 Å². The highest BCUT2D eigenvalue weighted by atomic mass is 16.5. The van der Waals surface area contributed by atoms with Crippen LogP contribution in [0.1, 0.15) is 6.42 Å². The summed E-state index contributed by atoms with van der Waals surface area (Å²) in [6.07, 6.45) is 3.14. The quantitative estimate of drug-likeness (QED) is 0.913. The highest BCUT2D eigenvalue weighted by Gasteiger charge is 2.19. The number of rotatable bonds is 3. The fourth-order valence-electron chi connectivity index (χ4n) is 2.60. The maximum absolute atomic E-state index is 5.27. The lowest BCUT2D eigenvalue weighted by molar-refractivity contribution is 0.415. The summed E-state index contributed by atoms with van der Waals surface area (Å²) in [5.41, 5.74) is 2.16. The Balaban J connectivity index is 1.95. The van der Waals surface area contributed by atoms with Crippen molar-refractivity contribution in [1.82, 2.24) is 10.3 Å². The van der Waals surface area contributed by atoms with Crippen molar-refractivity contribution >= 4 is 16.6 Å². The van der Waals surface area contributed by atoms with Gasteiger partial charge in [0.1, 0.15) is 5.75 Å². The van der Waals surface area contributed by atoms with Gasteiger partial charge in [-0.1, -0.05) is 0 Å². The van der Waals surface area contributed by atoms with E-state index in [1.807, 2.05) is 24.4 Å². The van der Waals surface area contributed by atoms with E-state index in [1.54, 1.807) is 7.11 Å². The lowest BCUT2D eigenvalue weighted by atomic mass is 10.1. The Morgan fingerprint density at radius 2 is 2.26 bits per heavy atom. The van der Waals surface area contributed by atoms with Gasteiger partial charge in [-0.3, -0.25) is 4.98 Å². The number of anilines is 1. The minimum atomic E-state index is 0.560. The third kappa shape index (κ3) is 2.36. The molecule has 1 aliphatic heterocycles. The van der Waals surface area contributed by atoms with Crippen LogP contribution in [0.2, 0.25) is 0 Å². The Morgan fingerprint density at radius 3 is 3.00 bits per heavy atom. The average molecular weight is 257 g/mol. The Labute approximate surface area is 113 Å². The van der Waals surface area contributed by atoms with Gasteiger partial charge in [0.05, 0.1) is 24.5 Å². The van der Waals surface area contributed by atoms with E-state index in [9.17, 15) is 0 Å². The van der Waals surface area contributed by atoms with E-state index in [2.05, 4.69) is 28.3 Å². The van der Waals surface area contributed by atoms with Gasteiger partial charge in [-0.25, -0.2) is 0 Å². The summed E-state index contributed by atoms with van der Waals surface area (Å²) in [5, 5.41) is 4.52. The van der Waals surface area contributed by atoms with E-state index in [4.69, 9.17) is 4.74 Å². The van der Waals surface area contributed by atoms with E-state index < -0.39 is 0 Å². The van der Waals surface area contributed by atoms with Crippen LogP contribution in [-0.2, 0) is 0 Å². The first-order chi connectivity index (χ1) is 9.28. The summed E-state index contributed by atoms with van der Waals surface area (Å²) >= 11 is 0. The molecule has 0 amide bonds. The molecule has 0 aliphatic carbocycles. The molecule has 1 unspecified atom stereocenters. The molecule has 1 atom stereocenters. The average Bonchev–Trinajstić information content (AvgIpc) is 2.99. The fraction of sp³-hybridized carbons (Fsp3) is 0.400. The van der Waals surface area contributed by atoms with Crippen LogP contribution in [0.25, 0.3) is 10.9 Å². The molecule has 0 radical (unpaired) electrons. The van der Waals surface area contributed by atoms with Gasteiger partial charge in [-0.15, -0.1) is 0 Å². The second-order valence-electron chi connectivity index (χ2n) is 5.01. The predicted molar refractivity (Wildman–Crippen MR) is 78.0 cm³/mol. The number of methoxy groups -OCH3 is 1. The second-order valence-corrected chi connectivity index (χ2v) is 5.01. The monoisotopic (exact) mass is 257 g/mol. The molecule has 100 valence electrons. The van der Waals surface area contributed by atoms with Crippen molar-refractivity contribution in [1.29, 1.82) is 0 Å². The van der Waals surface area contributed by atoms with Crippen molar-refractivity contribution in [2.75, 3.05) is 32.1 Å². The van der Waals surface area contributed by atoms with Gasteiger partial charge in [0.25, 0.3) is 0 Å². The van der Waals surface area contributed by atoms with Crippen LogP contribution in [0.3, 0.4) is 0 Å². The van der Waals surface area contributed by atoms with E-state index >= 15 is 0 Å². The standard InChI is InChI=1S/C15H19N3O/c1-18(12-5-6-16-9-12)13-7-11-8-14(19-2)3-4-15(11)17-10-13/h3-4,7-8,10,12,16H,5-6,9H2,1-2H3. The number of hydrogen-bond acceptors (Lipinski definition) is 4. The molecule has 0 spiro atoms. The van der Waals surface area contributed by atoms with Crippen LogP contribution in [0, 0.1) is 0 Å². The van der Waals surface area contributed by atoms with Crippen LogP contribution in [-0.4, -0.2) is 38.3 Å². The molecule has 1 N–H and O–H groups in total. The molecule has 1 aromatic heterocycles. The van der Waals surface area contributed by atoms with Crippen LogP contribution < -0.4 is 15.0 Å². The number of nitrogens with one attached hydrogen (secondary N) is 1. The van der Waals surface area contributed by atoms with E-state index in [0.717, 1.165) is 35.4 Å². The van der Waals surface area contributed by atoms with Crippen LogP contribution >= 0.6 is 0 Å². The first-order valence-electron chi connectivity index (χ1n) is 6.65. The number of hydrogen-bond donors (Lipinski definition) is 1. The fourth-order valence-corrected chi connectivity index (χ4v) is 2.60. The normalized spacial score (nSPS) is 18.7. The summed E-state index contributed by atoms with van der Waals surface area (Å²) in [6.45, 7) is 2.15. The van der Waals surface area contributed by atoms with Crippen molar-refractivity contribution in [3.8, 4) is 5.75 Å². The Bertz CT molecular complexity index is 579. The number of nitrogens with zero attached hydrogens (tertiary/aromatic N) is 2. The molecule has 1 saturated heterocycles. The summed E-state index contributed by atoms with van der Waals surface area (Å²) in [4.78, 5) is 6.84. The number of benzene rings is 1. The van der Waals surface area contributed by atoms with Crippen molar-refractivity contribution < 1.29 is 4.74 Å². The number of likely N-dealkylation sites (N-methyl/N-ethyl adjacent to an activating group) is 1. The molecule has 1 aliphatic rings. The number of pyridine rings is 1. The molecular weight excluding hydrogens is 238 g/mol. The molecule has 19 heavy (non-hydrogen) atoms. The van der Waals surface area contributed by atoms with E-state index in [0.29, 0.717) is 6.04 Å². The highest BCUT2D eigenvalue weighted by molar-refractivity contribution is 5.83. The molecule has 1 aromatic carbocycles. The van der Waals surface area contributed by atoms with Gasteiger partial charge in [0.15, 0.2) is 0 Å². The van der Waals surface area contributed by atoms with Crippen molar-refractivity contribution in [3.63, 3.8) is 0 Å². The number of fused-ring (bicyclic) bond motifs is 1. The second kappa shape index (κ2) is 5.05. The lowest BCUT2D eigenvalue weighted by Gasteiger charge is -2.25. The molecule has 4 nitrogen and oxygen atoms in total. The van der Waals surface area contributed by atoms with E-state index in [-0.39, 0.29) is 0 Å². The molecule has 3 rings (SSSR count). The SMILES string of the molecule is COc1ccc2ncc(N(C)C3CCNC3)cc2c1. The third-order valence-corrected chi connectivity index (χ3v) is 3.86. The zero-order valence-corrected chi connectivity index (χ0v) is 11.4. The zero-order chi connectivity index (χ0) is 13.2. The summed E-state index contributed by atoms with van der Waals surface area (Å²) in [6, 6.07) is 8.72. The van der Waals surface area contributed by atoms with Crippen LogP contribution in [0.4, 0.5) is 5.69 Å². The Kier molecular flexibility index (Phi) is 3.25. The first-order valence-corrected chi connectivity index (χ1v) is 6.65. The predicted octanol–water partition coefficient (Wildman–Crippen LogP) is 2.04. The minimum absolute atomic E-state index is 0.560. The molecule has 1 fully saturated rings. The molecule has 0 bridgehead atoms. The topological polar surface area (TPSA) is 37.4 Å². The van der Waals surface area contributed by atoms with Gasteiger partial charge >= 0.3 is 0 Å². The van der Waals surface area contributed by atoms with Gasteiger partial charge in [0, 0.05) is 25.0 Å². The van der Waals surface area contributed by atoms with Gasteiger partial charge in [-0.05, 0) is 37.2 Å². The third-order valence-electron chi connectivity index (χ3n) is 3.86. The molecule has 2 aromatic rings. The summed E-state index contributed by atoms with van der Waals surface area (Å²) < 4.78 is 5.27. The molecule has 4 heteroatoms. The van der Waals surface area contributed by atoms with Crippen molar-refractivity contribution in [2.45, 2.75) is 12.5 Å².